The molecule has 1 saturated heterocycles. The zero-order valence-corrected chi connectivity index (χ0v) is 18.8. The third-order valence-corrected chi connectivity index (χ3v) is 6.88. The van der Waals surface area contributed by atoms with Crippen molar-refractivity contribution in [2.45, 2.75) is 32.2 Å². The van der Waals surface area contributed by atoms with E-state index in [1.165, 1.54) is 12.4 Å². The van der Waals surface area contributed by atoms with Gasteiger partial charge in [-0.1, -0.05) is 18.5 Å². The van der Waals surface area contributed by atoms with Gasteiger partial charge in [0.1, 0.15) is 5.76 Å². The minimum absolute atomic E-state index is 0.0606. The molecule has 2 aliphatic carbocycles. The highest BCUT2D eigenvalue weighted by Crippen LogP contribution is 2.55. The molecule has 2 fully saturated rings. The number of piperazine rings is 1. The van der Waals surface area contributed by atoms with E-state index in [1.807, 2.05) is 0 Å². The first-order chi connectivity index (χ1) is 14.8. The van der Waals surface area contributed by atoms with Gasteiger partial charge in [0.25, 0.3) is 5.91 Å². The Morgan fingerprint density at radius 1 is 1.16 bits per heavy atom. The molecule has 0 spiro atoms. The predicted octanol–water partition coefficient (Wildman–Crippen LogP) is 2.51. The monoisotopic (exact) mass is 465 g/mol. The summed E-state index contributed by atoms with van der Waals surface area (Å²) in [5, 5.41) is 14.2. The van der Waals surface area contributed by atoms with Crippen LogP contribution in [0.5, 0.6) is 0 Å². The second-order valence-electron chi connectivity index (χ2n) is 8.51. The minimum atomic E-state index is -0.313. The topological polar surface area (TPSA) is 98.7 Å². The quantitative estimate of drug-likeness (QED) is 0.648. The number of allylic oxidation sites excluding steroid dienone is 2. The highest BCUT2D eigenvalue weighted by molar-refractivity contribution is 6.31. The highest BCUT2D eigenvalue weighted by atomic mass is 35.5. The van der Waals surface area contributed by atoms with Gasteiger partial charge in [-0.05, 0) is 47.9 Å². The molecule has 1 aliphatic heterocycles. The zero-order chi connectivity index (χ0) is 22.2. The molecule has 1 unspecified atom stereocenters. The van der Waals surface area contributed by atoms with Gasteiger partial charge in [-0.25, -0.2) is 9.97 Å². The fourth-order valence-electron chi connectivity index (χ4n) is 4.01. The molecule has 31 heavy (non-hydrogen) atoms. The van der Waals surface area contributed by atoms with Gasteiger partial charge in [-0.3, -0.25) is 14.9 Å². The lowest BCUT2D eigenvalue weighted by Crippen LogP contribution is -2.53. The van der Waals surface area contributed by atoms with Crippen LogP contribution < -0.4 is 5.32 Å². The number of aliphatic hydroxyl groups excluding tert-OH is 1. The molecule has 3 aliphatic rings. The summed E-state index contributed by atoms with van der Waals surface area (Å²) in [6.07, 6.45) is 7.21. The number of carbonyl (C=O) groups is 2. The molecule has 1 saturated carbocycles. The van der Waals surface area contributed by atoms with Crippen LogP contribution in [0.15, 0.2) is 34.8 Å². The summed E-state index contributed by atoms with van der Waals surface area (Å²) in [5.74, 6) is -0.0788. The molecule has 2 N–H and O–H groups in total. The van der Waals surface area contributed by atoms with Crippen LogP contribution in [0.2, 0.25) is 5.28 Å². The Kier molecular flexibility index (Phi) is 6.23. The van der Waals surface area contributed by atoms with E-state index >= 15 is 0 Å². The largest absolute Gasteiger partial charge is 0.511 e. The fraction of sp³-hybridized carbons (Fsp3) is 0.524. The summed E-state index contributed by atoms with van der Waals surface area (Å²) in [6, 6.07) is -0.313. The molecule has 1 aromatic rings. The van der Waals surface area contributed by atoms with Gasteiger partial charge in [0, 0.05) is 43.6 Å². The van der Waals surface area contributed by atoms with Crippen molar-refractivity contribution in [2.75, 3.05) is 32.7 Å². The van der Waals surface area contributed by atoms with Crippen molar-refractivity contribution in [1.29, 1.82) is 0 Å². The van der Waals surface area contributed by atoms with Crippen molar-refractivity contribution < 1.29 is 14.7 Å². The maximum absolute atomic E-state index is 12.7. The molecule has 4 rings (SSSR count). The van der Waals surface area contributed by atoms with Crippen molar-refractivity contribution in [3.8, 4) is 0 Å². The Bertz CT molecular complexity index is 935. The zero-order valence-electron chi connectivity index (χ0n) is 17.3. The number of nitrogens with one attached hydrogen (secondary N) is 1. The van der Waals surface area contributed by atoms with Crippen LogP contribution in [0, 0.1) is 5.41 Å². The molecule has 2 heterocycles. The Morgan fingerprint density at radius 3 is 2.39 bits per heavy atom. The van der Waals surface area contributed by atoms with Crippen LogP contribution in [0.3, 0.4) is 0 Å². The number of rotatable bonds is 5. The molecule has 0 bridgehead atoms. The van der Waals surface area contributed by atoms with E-state index in [0.29, 0.717) is 43.2 Å². The Hall–Kier alpha value is -2.16. The number of carbonyl (C=O) groups excluding carboxylic acids is 2. The second kappa shape index (κ2) is 8.76. The van der Waals surface area contributed by atoms with Crippen molar-refractivity contribution in [2.24, 2.45) is 5.41 Å². The molecule has 0 aromatic carbocycles. The average Bonchev–Trinajstić information content (AvgIpc) is 3.51. The highest BCUT2D eigenvalue weighted by Gasteiger charge is 2.44. The van der Waals surface area contributed by atoms with Crippen molar-refractivity contribution in [3.05, 3.63) is 45.7 Å². The lowest BCUT2D eigenvalue weighted by molar-refractivity contribution is -0.131. The van der Waals surface area contributed by atoms with Crippen molar-refractivity contribution >= 4 is 35.0 Å². The summed E-state index contributed by atoms with van der Waals surface area (Å²) in [7, 11) is 0. The first kappa shape index (κ1) is 22.0. The molecule has 10 heteroatoms. The van der Waals surface area contributed by atoms with Gasteiger partial charge >= 0.3 is 0 Å². The van der Waals surface area contributed by atoms with Crippen LogP contribution in [-0.4, -0.2) is 75.5 Å². The van der Waals surface area contributed by atoms with Crippen LogP contribution in [0.1, 0.15) is 36.5 Å². The van der Waals surface area contributed by atoms with Gasteiger partial charge in [-0.2, -0.15) is 0 Å². The summed E-state index contributed by atoms with van der Waals surface area (Å²) in [6.45, 7) is 4.05. The lowest BCUT2D eigenvalue weighted by atomic mass is 9.87. The number of nitrogens with zero attached hydrogens (tertiary/aromatic N) is 4. The van der Waals surface area contributed by atoms with Crippen molar-refractivity contribution in [1.82, 2.24) is 25.1 Å². The summed E-state index contributed by atoms with van der Waals surface area (Å²) in [4.78, 5) is 36.3. The van der Waals surface area contributed by atoms with Crippen LogP contribution >= 0.6 is 23.2 Å². The number of hydrogen-bond acceptors (Lipinski definition) is 6. The van der Waals surface area contributed by atoms with Crippen molar-refractivity contribution in [3.63, 3.8) is 0 Å². The summed E-state index contributed by atoms with van der Waals surface area (Å²) in [5.41, 5.74) is 1.64. The normalized spacial score (nSPS) is 22.9. The Labute approximate surface area is 190 Å². The van der Waals surface area contributed by atoms with E-state index in [0.717, 1.165) is 18.4 Å². The molecule has 166 valence electrons. The van der Waals surface area contributed by atoms with E-state index in [2.05, 4.69) is 22.2 Å². The van der Waals surface area contributed by atoms with Gasteiger partial charge < -0.3 is 14.9 Å². The molecular formula is C21H25Cl2N5O3. The van der Waals surface area contributed by atoms with E-state index in [4.69, 9.17) is 23.2 Å². The Morgan fingerprint density at radius 2 is 1.77 bits per heavy atom. The lowest BCUT2D eigenvalue weighted by Gasteiger charge is -2.35. The number of halogens is 2. The number of aliphatic hydroxyl groups is 1. The SMILES string of the molecule is CC1(C2=C(Cl)C=C(O)C(NCC(=O)N3CCN(C(=O)c4cnc(Cl)nc4)CC3)C2)CC1. The minimum Gasteiger partial charge on any atom is -0.511 e. The molecule has 0 radical (unpaired) electrons. The van der Waals surface area contributed by atoms with Crippen LogP contribution in [-0.2, 0) is 4.79 Å². The third kappa shape index (κ3) is 4.86. The van der Waals surface area contributed by atoms with E-state index in [9.17, 15) is 14.7 Å². The fourth-order valence-corrected chi connectivity index (χ4v) is 4.53. The number of aromatic nitrogens is 2. The van der Waals surface area contributed by atoms with Gasteiger partial charge in [0.15, 0.2) is 0 Å². The number of amides is 2. The smallest absolute Gasteiger partial charge is 0.257 e. The van der Waals surface area contributed by atoms with Gasteiger partial charge in [-0.15, -0.1) is 0 Å². The average molecular weight is 466 g/mol. The standard InChI is InChI=1S/C21H25Cl2N5O3/c1-21(2-3-21)14-8-16(17(29)9-15(14)22)24-12-18(30)27-4-6-28(7-5-27)19(31)13-10-25-20(23)26-11-13/h9-11,16,24,29H,2-8,12H2,1H3. The maximum Gasteiger partial charge on any atom is 0.257 e. The first-order valence-electron chi connectivity index (χ1n) is 10.3. The molecular weight excluding hydrogens is 441 g/mol. The van der Waals surface area contributed by atoms with Crippen LogP contribution in [0.4, 0.5) is 0 Å². The summed E-state index contributed by atoms with van der Waals surface area (Å²) < 4.78 is 0. The van der Waals surface area contributed by atoms with Crippen LogP contribution in [0.25, 0.3) is 0 Å². The van der Waals surface area contributed by atoms with Gasteiger partial charge in [0.2, 0.25) is 11.2 Å². The number of hydrogen-bond donors (Lipinski definition) is 2. The third-order valence-electron chi connectivity index (χ3n) is 6.34. The first-order valence-corrected chi connectivity index (χ1v) is 11.1. The van der Waals surface area contributed by atoms with Gasteiger partial charge in [0.05, 0.1) is 18.2 Å². The molecule has 8 nitrogen and oxygen atoms in total. The molecule has 1 atom stereocenters. The Balaban J connectivity index is 1.26. The maximum atomic E-state index is 12.7. The summed E-state index contributed by atoms with van der Waals surface area (Å²) >= 11 is 12.0. The second-order valence-corrected chi connectivity index (χ2v) is 9.25. The molecule has 2 amide bonds. The predicted molar refractivity (Wildman–Crippen MR) is 117 cm³/mol. The van der Waals surface area contributed by atoms with E-state index < -0.39 is 0 Å². The molecule has 1 aromatic heterocycles. The van der Waals surface area contributed by atoms with E-state index in [1.54, 1.807) is 15.9 Å². The van der Waals surface area contributed by atoms with E-state index in [-0.39, 0.29) is 40.9 Å².